The molecule has 0 saturated carbocycles. The van der Waals surface area contributed by atoms with Gasteiger partial charge in [-0.25, -0.2) is 0 Å². The van der Waals surface area contributed by atoms with Crippen molar-refractivity contribution in [2.24, 2.45) is 0 Å². The molecule has 0 aromatic carbocycles. The minimum absolute atomic E-state index is 0.392. The fraction of sp³-hybridized carbons (Fsp3) is 1.00. The van der Waals surface area contributed by atoms with Crippen LogP contribution >= 0.6 is 0 Å². The second kappa shape index (κ2) is 21.1. The van der Waals surface area contributed by atoms with E-state index in [9.17, 15) is 10.2 Å². The summed E-state index contributed by atoms with van der Waals surface area (Å²) in [7, 11) is 0. The molecular formula is C28H56O5. The lowest BCUT2D eigenvalue weighted by atomic mass is 10.00. The van der Waals surface area contributed by atoms with Gasteiger partial charge in [0.2, 0.25) is 0 Å². The van der Waals surface area contributed by atoms with Crippen molar-refractivity contribution in [1.29, 1.82) is 0 Å². The summed E-state index contributed by atoms with van der Waals surface area (Å²) in [5, 5.41) is 19.8. The van der Waals surface area contributed by atoms with E-state index in [1.165, 1.54) is 77.0 Å². The largest absolute Gasteiger partial charge is 0.376 e. The topological polar surface area (TPSA) is 74.8 Å². The van der Waals surface area contributed by atoms with Crippen LogP contribution in [0, 0.1) is 0 Å². The maximum atomic E-state index is 9.89. The number of ether oxygens (including phenoxy) is 3. The number of hydrogen-bond donors (Lipinski definition) is 2. The van der Waals surface area contributed by atoms with Crippen LogP contribution < -0.4 is 0 Å². The molecule has 0 bridgehead atoms. The molecule has 2 fully saturated rings. The molecule has 2 saturated heterocycles. The highest BCUT2D eigenvalue weighted by atomic mass is 16.6. The van der Waals surface area contributed by atoms with Gasteiger partial charge in [-0.15, -0.1) is 0 Å². The fourth-order valence-electron chi connectivity index (χ4n) is 4.05. The first-order valence-corrected chi connectivity index (χ1v) is 14.3. The summed E-state index contributed by atoms with van der Waals surface area (Å²) in [6, 6.07) is 0. The van der Waals surface area contributed by atoms with Crippen LogP contribution in [0.4, 0.5) is 0 Å². The standard InChI is InChI=1S/C22H46O2.C6H10O3/c1-3-5-7-8-9-10-11-12-13-14-15-16-17-19-21-22(23,24)20-18-6-4-2;1(5-3-8-5)7-2-6-4-9-6/h23-24H,3-21H2,1-2H3;5-6H,1-4H2. The van der Waals surface area contributed by atoms with Gasteiger partial charge in [-0.1, -0.05) is 110 Å². The van der Waals surface area contributed by atoms with Crippen LogP contribution in [0.1, 0.15) is 136 Å². The smallest absolute Gasteiger partial charge is 0.162 e. The van der Waals surface area contributed by atoms with Crippen LogP contribution in [0.5, 0.6) is 0 Å². The lowest BCUT2D eigenvalue weighted by molar-refractivity contribution is -0.172. The zero-order chi connectivity index (χ0) is 24.0. The highest BCUT2D eigenvalue weighted by Crippen LogP contribution is 2.20. The monoisotopic (exact) mass is 472 g/mol. The van der Waals surface area contributed by atoms with E-state index in [4.69, 9.17) is 14.2 Å². The Morgan fingerprint density at radius 3 is 1.24 bits per heavy atom. The third-order valence-corrected chi connectivity index (χ3v) is 6.52. The normalized spacial score (nSPS) is 19.3. The summed E-state index contributed by atoms with van der Waals surface area (Å²) in [5.74, 6) is -1.41. The van der Waals surface area contributed by atoms with Gasteiger partial charge in [0.15, 0.2) is 5.79 Å². The lowest BCUT2D eigenvalue weighted by Crippen LogP contribution is -2.27. The van der Waals surface area contributed by atoms with E-state index in [1.807, 2.05) is 0 Å². The molecule has 33 heavy (non-hydrogen) atoms. The van der Waals surface area contributed by atoms with E-state index in [0.717, 1.165) is 58.5 Å². The van der Waals surface area contributed by atoms with E-state index >= 15 is 0 Å². The zero-order valence-corrected chi connectivity index (χ0v) is 22.0. The number of unbranched alkanes of at least 4 members (excludes halogenated alkanes) is 15. The second-order valence-corrected chi connectivity index (χ2v) is 10.2. The molecule has 2 atom stereocenters. The molecular weight excluding hydrogens is 416 g/mol. The van der Waals surface area contributed by atoms with Gasteiger partial charge < -0.3 is 24.4 Å². The first kappa shape index (κ1) is 30.8. The van der Waals surface area contributed by atoms with Crippen molar-refractivity contribution >= 4 is 0 Å². The molecule has 0 aromatic heterocycles. The molecule has 2 N–H and O–H groups in total. The number of epoxide rings is 2. The molecule has 0 amide bonds. The van der Waals surface area contributed by atoms with Gasteiger partial charge in [0.05, 0.1) is 26.4 Å². The number of hydrogen-bond acceptors (Lipinski definition) is 5. The summed E-state index contributed by atoms with van der Waals surface area (Å²) in [6.07, 6.45) is 23.8. The summed E-state index contributed by atoms with van der Waals surface area (Å²) >= 11 is 0. The highest BCUT2D eigenvalue weighted by Gasteiger charge is 2.26. The van der Waals surface area contributed by atoms with Crippen molar-refractivity contribution in [2.75, 3.05) is 26.4 Å². The fourth-order valence-corrected chi connectivity index (χ4v) is 4.05. The van der Waals surface area contributed by atoms with Gasteiger partial charge in [-0.05, 0) is 12.8 Å². The van der Waals surface area contributed by atoms with Crippen LogP contribution in [-0.4, -0.2) is 54.6 Å². The van der Waals surface area contributed by atoms with Crippen molar-refractivity contribution in [3.8, 4) is 0 Å². The average molecular weight is 473 g/mol. The van der Waals surface area contributed by atoms with E-state index < -0.39 is 5.79 Å². The minimum Gasteiger partial charge on any atom is -0.376 e. The minimum atomic E-state index is -1.41. The van der Waals surface area contributed by atoms with Crippen molar-refractivity contribution < 1.29 is 24.4 Å². The Bertz CT molecular complexity index is 395. The molecule has 5 heteroatoms. The Balaban J connectivity index is 0.000000490. The molecule has 0 spiro atoms. The Kier molecular flexibility index (Phi) is 19.7. The van der Waals surface area contributed by atoms with E-state index in [-0.39, 0.29) is 0 Å². The van der Waals surface area contributed by atoms with Crippen LogP contribution in [0.2, 0.25) is 0 Å². The van der Waals surface area contributed by atoms with Gasteiger partial charge in [0.1, 0.15) is 12.2 Å². The van der Waals surface area contributed by atoms with Crippen molar-refractivity contribution in [3.63, 3.8) is 0 Å². The quantitative estimate of drug-likeness (QED) is 0.0959. The maximum Gasteiger partial charge on any atom is 0.162 e. The van der Waals surface area contributed by atoms with Gasteiger partial charge in [0, 0.05) is 12.8 Å². The van der Waals surface area contributed by atoms with Gasteiger partial charge in [0.25, 0.3) is 0 Å². The zero-order valence-electron chi connectivity index (χ0n) is 22.0. The van der Waals surface area contributed by atoms with Crippen molar-refractivity contribution in [1.82, 2.24) is 0 Å². The van der Waals surface area contributed by atoms with E-state index in [1.54, 1.807) is 0 Å². The predicted octanol–water partition coefficient (Wildman–Crippen LogP) is 6.92. The number of rotatable bonds is 23. The summed E-state index contributed by atoms with van der Waals surface area (Å²) in [5.41, 5.74) is 0. The molecule has 0 aliphatic carbocycles. The Labute approximate surface area is 205 Å². The molecule has 2 unspecified atom stereocenters. The molecule has 2 aliphatic rings. The van der Waals surface area contributed by atoms with E-state index in [2.05, 4.69) is 13.8 Å². The molecule has 0 aromatic rings. The Hall–Kier alpha value is -0.200. The first-order valence-electron chi connectivity index (χ1n) is 14.3. The van der Waals surface area contributed by atoms with Crippen LogP contribution in [0.25, 0.3) is 0 Å². The third-order valence-electron chi connectivity index (χ3n) is 6.52. The van der Waals surface area contributed by atoms with Crippen LogP contribution in [0.15, 0.2) is 0 Å². The lowest BCUT2D eigenvalue weighted by Gasteiger charge is -2.21. The Morgan fingerprint density at radius 2 is 0.879 bits per heavy atom. The van der Waals surface area contributed by atoms with E-state index in [0.29, 0.717) is 25.0 Å². The maximum absolute atomic E-state index is 9.89. The van der Waals surface area contributed by atoms with Crippen molar-refractivity contribution in [2.45, 2.75) is 154 Å². The van der Waals surface area contributed by atoms with Gasteiger partial charge >= 0.3 is 0 Å². The molecule has 2 aliphatic heterocycles. The Morgan fingerprint density at radius 1 is 0.576 bits per heavy atom. The molecule has 2 heterocycles. The highest BCUT2D eigenvalue weighted by molar-refractivity contribution is 4.71. The summed E-state index contributed by atoms with van der Waals surface area (Å²) in [4.78, 5) is 0. The van der Waals surface area contributed by atoms with Crippen molar-refractivity contribution in [3.05, 3.63) is 0 Å². The summed E-state index contributed by atoms with van der Waals surface area (Å²) in [6.45, 7) is 7.68. The third kappa shape index (κ3) is 23.3. The SMILES string of the molecule is C(OCC1CO1)C1CO1.CCCCCCCCCCCCCCCCC(O)(O)CCCCC. The predicted molar refractivity (Wildman–Crippen MR) is 137 cm³/mol. The van der Waals surface area contributed by atoms with Crippen LogP contribution in [-0.2, 0) is 14.2 Å². The molecule has 5 nitrogen and oxygen atoms in total. The number of aliphatic hydroxyl groups is 2. The first-order chi connectivity index (χ1) is 16.1. The van der Waals surface area contributed by atoms with Gasteiger partial charge in [-0.3, -0.25) is 0 Å². The van der Waals surface area contributed by atoms with Crippen LogP contribution in [0.3, 0.4) is 0 Å². The molecule has 2 rings (SSSR count). The molecule has 0 radical (unpaired) electrons. The second-order valence-electron chi connectivity index (χ2n) is 10.2. The average Bonchev–Trinajstić information content (AvgIpc) is 3.71. The molecule has 198 valence electrons. The van der Waals surface area contributed by atoms with Gasteiger partial charge in [-0.2, -0.15) is 0 Å². The summed E-state index contributed by atoms with van der Waals surface area (Å²) < 4.78 is 15.1.